The number of rotatable bonds is 7. The summed E-state index contributed by atoms with van der Waals surface area (Å²) >= 11 is 6.11. The third kappa shape index (κ3) is 5.14. The first-order valence-electron chi connectivity index (χ1n) is 8.30. The molecule has 0 saturated heterocycles. The van der Waals surface area contributed by atoms with E-state index in [1.165, 1.54) is 0 Å². The van der Waals surface area contributed by atoms with Gasteiger partial charge in [0.1, 0.15) is 12.3 Å². The molecule has 1 N–H and O–H groups in total. The maximum Gasteiger partial charge on any atom is 0.241 e. The van der Waals surface area contributed by atoms with Crippen LogP contribution in [0.2, 0.25) is 5.02 Å². The van der Waals surface area contributed by atoms with E-state index in [1.807, 2.05) is 25.1 Å². The summed E-state index contributed by atoms with van der Waals surface area (Å²) in [6, 6.07) is 11.9. The van der Waals surface area contributed by atoms with Crippen LogP contribution in [0.4, 0.5) is 5.69 Å². The Hall–Kier alpha value is -2.25. The highest BCUT2D eigenvalue weighted by Crippen LogP contribution is 2.28. The molecule has 1 unspecified atom stereocenters. The SMILES string of the molecule is COc1ccccc1C(C)NC(=O)CN(c1cccc(Cl)c1C)S(C)(=O)=O. The second-order valence-electron chi connectivity index (χ2n) is 6.18. The standard InChI is InChI=1S/C19H23ClN2O4S/c1-13-16(20)9-7-10-17(13)22(27(4,24)25)12-19(23)21-14(2)15-8-5-6-11-18(15)26-3/h5-11,14H,12H2,1-4H3,(H,21,23). The van der Waals surface area contributed by atoms with E-state index in [0.717, 1.165) is 16.1 Å². The number of methoxy groups -OCH3 is 1. The number of amides is 1. The number of hydrogen-bond donors (Lipinski definition) is 1. The summed E-state index contributed by atoms with van der Waals surface area (Å²) in [4.78, 5) is 12.6. The molecule has 0 fully saturated rings. The van der Waals surface area contributed by atoms with Crippen molar-refractivity contribution in [2.75, 3.05) is 24.2 Å². The molecule has 8 heteroatoms. The van der Waals surface area contributed by atoms with Gasteiger partial charge < -0.3 is 10.1 Å². The molecule has 2 aromatic rings. The van der Waals surface area contributed by atoms with Crippen molar-refractivity contribution in [3.63, 3.8) is 0 Å². The average Bonchev–Trinajstić information content (AvgIpc) is 2.61. The van der Waals surface area contributed by atoms with E-state index in [2.05, 4.69) is 5.32 Å². The molecule has 0 saturated carbocycles. The molecule has 146 valence electrons. The second kappa shape index (κ2) is 8.63. The van der Waals surface area contributed by atoms with Gasteiger partial charge in [-0.2, -0.15) is 0 Å². The molecule has 0 aromatic heterocycles. The minimum absolute atomic E-state index is 0.348. The quantitative estimate of drug-likeness (QED) is 0.759. The van der Waals surface area contributed by atoms with Crippen LogP contribution in [0, 0.1) is 6.92 Å². The topological polar surface area (TPSA) is 75.7 Å². The van der Waals surface area contributed by atoms with Crippen LogP contribution >= 0.6 is 11.6 Å². The highest BCUT2D eigenvalue weighted by Gasteiger charge is 2.24. The maximum absolute atomic E-state index is 12.6. The molecule has 1 amide bonds. The van der Waals surface area contributed by atoms with E-state index >= 15 is 0 Å². The summed E-state index contributed by atoms with van der Waals surface area (Å²) in [7, 11) is -2.12. The monoisotopic (exact) mass is 410 g/mol. The number of carbonyl (C=O) groups is 1. The smallest absolute Gasteiger partial charge is 0.241 e. The molecule has 0 aliphatic rings. The fourth-order valence-corrected chi connectivity index (χ4v) is 3.84. The van der Waals surface area contributed by atoms with E-state index in [4.69, 9.17) is 16.3 Å². The zero-order valence-electron chi connectivity index (χ0n) is 15.7. The van der Waals surface area contributed by atoms with Gasteiger partial charge in [0.05, 0.1) is 25.1 Å². The van der Waals surface area contributed by atoms with Crippen LogP contribution in [-0.4, -0.2) is 34.2 Å². The maximum atomic E-state index is 12.6. The van der Waals surface area contributed by atoms with Gasteiger partial charge in [-0.3, -0.25) is 9.10 Å². The highest BCUT2D eigenvalue weighted by atomic mass is 35.5. The summed E-state index contributed by atoms with van der Waals surface area (Å²) < 4.78 is 30.9. The lowest BCUT2D eigenvalue weighted by molar-refractivity contribution is -0.120. The van der Waals surface area contributed by atoms with Crippen LogP contribution in [0.15, 0.2) is 42.5 Å². The van der Waals surface area contributed by atoms with Gasteiger partial charge in [-0.05, 0) is 37.6 Å². The summed E-state index contributed by atoms with van der Waals surface area (Å²) in [5.41, 5.74) is 1.78. The van der Waals surface area contributed by atoms with Gasteiger partial charge >= 0.3 is 0 Å². The van der Waals surface area contributed by atoms with Crippen LogP contribution < -0.4 is 14.4 Å². The fourth-order valence-electron chi connectivity index (χ4n) is 2.77. The van der Waals surface area contributed by atoms with E-state index in [0.29, 0.717) is 22.0 Å². The van der Waals surface area contributed by atoms with E-state index < -0.39 is 15.9 Å². The predicted molar refractivity (Wildman–Crippen MR) is 108 cm³/mol. The number of para-hydroxylation sites is 1. The molecule has 0 aliphatic heterocycles. The lowest BCUT2D eigenvalue weighted by atomic mass is 10.1. The molecule has 27 heavy (non-hydrogen) atoms. The van der Waals surface area contributed by atoms with Gasteiger partial charge in [-0.1, -0.05) is 35.9 Å². The first kappa shape index (κ1) is 21.1. The minimum atomic E-state index is -3.68. The van der Waals surface area contributed by atoms with Crippen LogP contribution in [-0.2, 0) is 14.8 Å². The molecule has 2 aromatic carbocycles. The van der Waals surface area contributed by atoms with Crippen molar-refractivity contribution in [2.24, 2.45) is 0 Å². The predicted octanol–water partition coefficient (Wildman–Crippen LogP) is 3.30. The summed E-state index contributed by atoms with van der Waals surface area (Å²) in [6.45, 7) is 3.18. The first-order chi connectivity index (χ1) is 12.6. The number of benzene rings is 2. The Morgan fingerprint density at radius 1 is 1.22 bits per heavy atom. The van der Waals surface area contributed by atoms with Gasteiger partial charge in [-0.25, -0.2) is 8.42 Å². The summed E-state index contributed by atoms with van der Waals surface area (Å²) in [5.74, 6) is 0.217. The van der Waals surface area contributed by atoms with Gasteiger partial charge in [0, 0.05) is 10.6 Å². The van der Waals surface area contributed by atoms with Crippen molar-refractivity contribution < 1.29 is 17.9 Å². The lowest BCUT2D eigenvalue weighted by Gasteiger charge is -2.25. The van der Waals surface area contributed by atoms with Crippen LogP contribution in [0.3, 0.4) is 0 Å². The number of nitrogens with one attached hydrogen (secondary N) is 1. The van der Waals surface area contributed by atoms with Crippen LogP contribution in [0.25, 0.3) is 0 Å². The molecular formula is C19H23ClN2O4S. The number of carbonyl (C=O) groups excluding carboxylic acids is 1. The molecule has 0 spiro atoms. The van der Waals surface area contributed by atoms with Crippen molar-refractivity contribution in [3.05, 3.63) is 58.6 Å². The number of anilines is 1. The molecule has 0 heterocycles. The molecule has 0 aliphatic carbocycles. The molecule has 0 bridgehead atoms. The normalized spacial score (nSPS) is 12.3. The van der Waals surface area contributed by atoms with Gasteiger partial charge in [-0.15, -0.1) is 0 Å². The van der Waals surface area contributed by atoms with Crippen LogP contribution in [0.5, 0.6) is 5.75 Å². The van der Waals surface area contributed by atoms with Gasteiger partial charge in [0.15, 0.2) is 0 Å². The number of nitrogens with zero attached hydrogens (tertiary/aromatic N) is 1. The van der Waals surface area contributed by atoms with E-state index in [9.17, 15) is 13.2 Å². The number of halogens is 1. The number of sulfonamides is 1. The lowest BCUT2D eigenvalue weighted by Crippen LogP contribution is -2.41. The Labute approximate surface area is 165 Å². The van der Waals surface area contributed by atoms with Crippen molar-refractivity contribution >= 4 is 33.2 Å². The highest BCUT2D eigenvalue weighted by molar-refractivity contribution is 7.92. The summed E-state index contributed by atoms with van der Waals surface area (Å²) in [6.07, 6.45) is 1.06. The Balaban J connectivity index is 2.23. The first-order valence-corrected chi connectivity index (χ1v) is 10.5. The molecule has 1 atom stereocenters. The Bertz CT molecular complexity index is 931. The van der Waals surface area contributed by atoms with E-state index in [-0.39, 0.29) is 12.6 Å². The minimum Gasteiger partial charge on any atom is -0.496 e. The van der Waals surface area contributed by atoms with Crippen molar-refractivity contribution in [3.8, 4) is 5.75 Å². The molecule has 6 nitrogen and oxygen atoms in total. The Kier molecular flexibility index (Phi) is 6.73. The average molecular weight is 411 g/mol. The second-order valence-corrected chi connectivity index (χ2v) is 8.50. The van der Waals surface area contributed by atoms with E-state index in [1.54, 1.807) is 38.3 Å². The number of ether oxygens (including phenoxy) is 1. The molecular weight excluding hydrogens is 388 g/mol. The zero-order chi connectivity index (χ0) is 20.2. The fraction of sp³-hybridized carbons (Fsp3) is 0.316. The summed E-state index contributed by atoms with van der Waals surface area (Å²) in [5, 5.41) is 3.25. The van der Waals surface area contributed by atoms with Crippen LogP contribution in [0.1, 0.15) is 24.1 Å². The number of hydrogen-bond acceptors (Lipinski definition) is 4. The van der Waals surface area contributed by atoms with Gasteiger partial charge in [0.25, 0.3) is 0 Å². The van der Waals surface area contributed by atoms with Crippen molar-refractivity contribution in [2.45, 2.75) is 19.9 Å². The van der Waals surface area contributed by atoms with Gasteiger partial charge in [0.2, 0.25) is 15.9 Å². The third-order valence-corrected chi connectivity index (χ3v) is 5.71. The molecule has 2 rings (SSSR count). The largest absolute Gasteiger partial charge is 0.496 e. The molecule has 0 radical (unpaired) electrons. The zero-order valence-corrected chi connectivity index (χ0v) is 17.3. The Morgan fingerprint density at radius 2 is 1.89 bits per heavy atom. The van der Waals surface area contributed by atoms with Crippen molar-refractivity contribution in [1.82, 2.24) is 5.32 Å². The van der Waals surface area contributed by atoms with Crippen molar-refractivity contribution in [1.29, 1.82) is 0 Å². The third-order valence-electron chi connectivity index (χ3n) is 4.18. The Morgan fingerprint density at radius 3 is 2.52 bits per heavy atom.